The largest absolute Gasteiger partial charge is 0.312 e. The van der Waals surface area contributed by atoms with Crippen LogP contribution in [0.5, 0.6) is 0 Å². The maximum absolute atomic E-state index is 4.75. The quantitative estimate of drug-likeness (QED) is 0.637. The van der Waals surface area contributed by atoms with E-state index in [2.05, 4.69) is 74.0 Å². The summed E-state index contributed by atoms with van der Waals surface area (Å²) in [6, 6.07) is 5.12. The van der Waals surface area contributed by atoms with Crippen LogP contribution >= 0.6 is 43.2 Å². The molecule has 0 fully saturated rings. The van der Waals surface area contributed by atoms with Crippen LogP contribution < -0.4 is 5.32 Å². The van der Waals surface area contributed by atoms with Gasteiger partial charge in [0.1, 0.15) is 0 Å². The van der Waals surface area contributed by atoms with Crippen molar-refractivity contribution in [3.8, 4) is 0 Å². The van der Waals surface area contributed by atoms with Gasteiger partial charge in [-0.05, 0) is 63.9 Å². The van der Waals surface area contributed by atoms with Crippen molar-refractivity contribution in [3.63, 3.8) is 0 Å². The van der Waals surface area contributed by atoms with Crippen molar-refractivity contribution in [2.75, 3.05) is 7.05 Å². The molecule has 3 nitrogen and oxygen atoms in total. The van der Waals surface area contributed by atoms with E-state index in [0.717, 1.165) is 33.2 Å². The number of nitrogens with one attached hydrogen (secondary N) is 1. The van der Waals surface area contributed by atoms with Crippen LogP contribution in [0.15, 0.2) is 26.6 Å². The van der Waals surface area contributed by atoms with E-state index >= 15 is 0 Å². The van der Waals surface area contributed by atoms with Crippen molar-refractivity contribution in [1.82, 2.24) is 15.1 Å². The molecule has 0 aromatic carbocycles. The van der Waals surface area contributed by atoms with Crippen molar-refractivity contribution in [2.45, 2.75) is 45.2 Å². The molecule has 2 aromatic heterocycles. The third-order valence-electron chi connectivity index (χ3n) is 3.75. The molecule has 1 unspecified atom stereocenters. The summed E-state index contributed by atoms with van der Waals surface area (Å²) in [4.78, 5) is 1.31. The molecule has 0 radical (unpaired) electrons. The van der Waals surface area contributed by atoms with Gasteiger partial charge in [0.15, 0.2) is 0 Å². The van der Waals surface area contributed by atoms with Gasteiger partial charge in [0.05, 0.1) is 15.5 Å². The molecule has 0 spiro atoms. The van der Waals surface area contributed by atoms with Crippen molar-refractivity contribution >= 4 is 43.2 Å². The highest BCUT2D eigenvalue weighted by Crippen LogP contribution is 2.36. The molecular formula is C15H21Br2N3S. The Morgan fingerprint density at radius 1 is 1.33 bits per heavy atom. The molecule has 0 bridgehead atoms. The average molecular weight is 435 g/mol. The molecule has 0 aliphatic rings. The Balaban J connectivity index is 2.12. The number of halogens is 2. The van der Waals surface area contributed by atoms with Gasteiger partial charge in [-0.15, -0.1) is 11.3 Å². The second kappa shape index (κ2) is 7.90. The number of aromatic nitrogens is 2. The predicted molar refractivity (Wildman–Crippen MR) is 97.1 cm³/mol. The van der Waals surface area contributed by atoms with E-state index in [1.54, 1.807) is 11.3 Å². The highest BCUT2D eigenvalue weighted by molar-refractivity contribution is 9.13. The summed E-state index contributed by atoms with van der Waals surface area (Å²) in [6.07, 6.45) is 5.26. The Morgan fingerprint density at radius 3 is 2.57 bits per heavy atom. The van der Waals surface area contributed by atoms with Crippen LogP contribution in [0.4, 0.5) is 0 Å². The summed E-state index contributed by atoms with van der Waals surface area (Å²) >= 11 is 8.88. The van der Waals surface area contributed by atoms with Crippen LogP contribution in [0.3, 0.4) is 0 Å². The van der Waals surface area contributed by atoms with E-state index in [1.807, 2.05) is 7.05 Å². The van der Waals surface area contributed by atoms with Crippen LogP contribution in [0, 0.1) is 0 Å². The number of rotatable bonds is 7. The molecule has 1 N–H and O–H groups in total. The smallest absolute Gasteiger partial charge is 0.0843 e. The molecule has 0 aliphatic heterocycles. The normalized spacial score (nSPS) is 13.0. The topological polar surface area (TPSA) is 29.9 Å². The lowest BCUT2D eigenvalue weighted by atomic mass is 10.1. The summed E-state index contributed by atoms with van der Waals surface area (Å²) in [7, 11) is 2.00. The van der Waals surface area contributed by atoms with Gasteiger partial charge in [-0.1, -0.05) is 13.8 Å². The van der Waals surface area contributed by atoms with E-state index in [1.165, 1.54) is 4.88 Å². The Kier molecular flexibility index (Phi) is 6.47. The summed E-state index contributed by atoms with van der Waals surface area (Å²) < 4.78 is 4.37. The highest BCUT2D eigenvalue weighted by atomic mass is 79.9. The standard InChI is InChI=1S/C15H21Br2N3S/c1-4-11(5-2)20-7-6-10(19-20)8-13(18-3)14-9-12(16)15(17)21-14/h6-7,9,11,13,18H,4-5,8H2,1-3H3. The number of hydrogen-bond donors (Lipinski definition) is 1. The lowest BCUT2D eigenvalue weighted by Crippen LogP contribution is -2.18. The van der Waals surface area contributed by atoms with Crippen LogP contribution in [-0.2, 0) is 6.42 Å². The van der Waals surface area contributed by atoms with Gasteiger partial charge in [0.25, 0.3) is 0 Å². The molecule has 2 rings (SSSR count). The van der Waals surface area contributed by atoms with Crippen LogP contribution in [0.1, 0.15) is 49.3 Å². The molecule has 1 atom stereocenters. The fraction of sp³-hybridized carbons (Fsp3) is 0.533. The van der Waals surface area contributed by atoms with Gasteiger partial charge < -0.3 is 5.32 Å². The molecule has 0 saturated heterocycles. The van der Waals surface area contributed by atoms with Crippen molar-refractivity contribution in [3.05, 3.63) is 37.2 Å². The monoisotopic (exact) mass is 433 g/mol. The maximum atomic E-state index is 4.75. The van der Waals surface area contributed by atoms with Gasteiger partial charge in [-0.2, -0.15) is 5.10 Å². The fourth-order valence-corrected chi connectivity index (χ4v) is 4.64. The molecule has 0 saturated carbocycles. The zero-order valence-electron chi connectivity index (χ0n) is 12.6. The van der Waals surface area contributed by atoms with Gasteiger partial charge in [0, 0.05) is 28.0 Å². The summed E-state index contributed by atoms with van der Waals surface area (Å²) in [5.41, 5.74) is 1.14. The number of thiophene rings is 1. The molecule has 21 heavy (non-hydrogen) atoms. The zero-order chi connectivity index (χ0) is 15.4. The molecule has 0 aliphatic carbocycles. The molecule has 6 heteroatoms. The van der Waals surface area contributed by atoms with Gasteiger partial charge in [0.2, 0.25) is 0 Å². The van der Waals surface area contributed by atoms with E-state index < -0.39 is 0 Å². The Labute approximate surface area is 147 Å². The van der Waals surface area contributed by atoms with Crippen molar-refractivity contribution in [1.29, 1.82) is 0 Å². The highest BCUT2D eigenvalue weighted by Gasteiger charge is 2.17. The first-order valence-corrected chi connectivity index (χ1v) is 9.65. The number of hydrogen-bond acceptors (Lipinski definition) is 3. The fourth-order valence-electron chi connectivity index (χ4n) is 2.44. The van der Waals surface area contributed by atoms with Crippen molar-refractivity contribution in [2.24, 2.45) is 0 Å². The van der Waals surface area contributed by atoms with E-state index in [9.17, 15) is 0 Å². The first-order valence-electron chi connectivity index (χ1n) is 7.25. The molecule has 0 amide bonds. The third kappa shape index (κ3) is 4.18. The Bertz CT molecular complexity index is 556. The average Bonchev–Trinajstić information content (AvgIpc) is 3.06. The van der Waals surface area contributed by atoms with Gasteiger partial charge in [-0.3, -0.25) is 4.68 Å². The van der Waals surface area contributed by atoms with Gasteiger partial charge >= 0.3 is 0 Å². The summed E-state index contributed by atoms with van der Waals surface area (Å²) in [5, 5.41) is 8.15. The maximum Gasteiger partial charge on any atom is 0.0843 e. The minimum absolute atomic E-state index is 0.294. The SMILES string of the molecule is CCC(CC)n1ccc(CC(NC)c2cc(Br)c(Br)s2)n1. The second-order valence-corrected chi connectivity index (χ2v) is 8.33. The van der Waals surface area contributed by atoms with Crippen molar-refractivity contribution < 1.29 is 0 Å². The second-order valence-electron chi connectivity index (χ2n) is 5.07. The lowest BCUT2D eigenvalue weighted by molar-refractivity contribution is 0.423. The lowest BCUT2D eigenvalue weighted by Gasteiger charge is -2.14. The van der Waals surface area contributed by atoms with Gasteiger partial charge in [-0.25, -0.2) is 0 Å². The molecular weight excluding hydrogens is 414 g/mol. The van der Waals surface area contributed by atoms with E-state index in [-0.39, 0.29) is 0 Å². The first-order chi connectivity index (χ1) is 10.1. The summed E-state index contributed by atoms with van der Waals surface area (Å²) in [6.45, 7) is 4.43. The van der Waals surface area contributed by atoms with Crippen LogP contribution in [0.2, 0.25) is 0 Å². The molecule has 116 valence electrons. The summed E-state index contributed by atoms with van der Waals surface area (Å²) in [5.74, 6) is 0. The minimum atomic E-state index is 0.294. The van der Waals surface area contributed by atoms with E-state index in [4.69, 9.17) is 5.10 Å². The molecule has 2 heterocycles. The number of likely N-dealkylation sites (N-methyl/N-ethyl adjacent to an activating group) is 1. The van der Waals surface area contributed by atoms with E-state index in [0.29, 0.717) is 12.1 Å². The first kappa shape index (κ1) is 17.2. The third-order valence-corrected chi connectivity index (χ3v) is 7.12. The number of nitrogens with zero attached hydrogens (tertiary/aromatic N) is 2. The Morgan fingerprint density at radius 2 is 2.05 bits per heavy atom. The van der Waals surface area contributed by atoms with Crippen LogP contribution in [-0.4, -0.2) is 16.8 Å². The minimum Gasteiger partial charge on any atom is -0.312 e. The van der Waals surface area contributed by atoms with Crippen LogP contribution in [0.25, 0.3) is 0 Å². The zero-order valence-corrected chi connectivity index (χ0v) is 16.6. The Hall–Kier alpha value is -0.170. The molecule has 2 aromatic rings. The predicted octanol–water partition coefficient (Wildman–Crippen LogP) is 5.33.